The van der Waals surface area contributed by atoms with Crippen LogP contribution in [0, 0.1) is 6.42 Å². The van der Waals surface area contributed by atoms with Crippen molar-refractivity contribution in [2.24, 2.45) is 0 Å². The van der Waals surface area contributed by atoms with E-state index in [-0.39, 0.29) is 11.5 Å². The third kappa shape index (κ3) is 0.796. The average Bonchev–Trinajstić information content (AvgIpc) is 1.87. The first-order valence-corrected chi connectivity index (χ1v) is 2.06. The minimum atomic E-state index is -0.0856. The molecule has 0 spiro atoms. The van der Waals surface area contributed by atoms with Gasteiger partial charge in [0.15, 0.2) is 5.78 Å². The molecule has 37 valence electrons. The van der Waals surface area contributed by atoms with E-state index in [9.17, 15) is 4.79 Å². The lowest BCUT2D eigenvalue weighted by Gasteiger charge is -1.78. The zero-order chi connectivity index (χ0) is 5.28. The summed E-state index contributed by atoms with van der Waals surface area (Å²) in [6.45, 7) is 0. The molecule has 0 aromatic heterocycles. The maximum atomic E-state index is 10.2. The van der Waals surface area contributed by atoms with E-state index >= 15 is 0 Å². The Morgan fingerprint density at radius 2 is 2.43 bits per heavy atom. The van der Waals surface area contributed by atoms with E-state index in [1.165, 1.54) is 12.5 Å². The van der Waals surface area contributed by atoms with Crippen LogP contribution < -0.4 is 0 Å². The second-order valence-corrected chi connectivity index (χ2v) is 1.45. The van der Waals surface area contributed by atoms with Gasteiger partial charge in [0.25, 0.3) is 0 Å². The summed E-state index contributed by atoms with van der Waals surface area (Å²) in [7, 11) is 0. The number of ketones is 1. The Balaban J connectivity index is 2.67. The van der Waals surface area contributed by atoms with E-state index in [0.717, 1.165) is 0 Å². The van der Waals surface area contributed by atoms with Crippen molar-refractivity contribution < 1.29 is 9.90 Å². The van der Waals surface area contributed by atoms with Crippen LogP contribution in [0.25, 0.3) is 0 Å². The summed E-state index contributed by atoms with van der Waals surface area (Å²) in [6, 6.07) is 0. The molecule has 0 aromatic carbocycles. The molecule has 0 amide bonds. The van der Waals surface area contributed by atoms with Crippen molar-refractivity contribution in [3.05, 3.63) is 18.3 Å². The Morgan fingerprint density at radius 3 is 2.57 bits per heavy atom. The van der Waals surface area contributed by atoms with Crippen molar-refractivity contribution in [2.75, 3.05) is 0 Å². The predicted molar refractivity (Wildman–Crippen MR) is 24.6 cm³/mol. The van der Waals surface area contributed by atoms with Crippen molar-refractivity contribution >= 4 is 5.78 Å². The first-order valence-electron chi connectivity index (χ1n) is 2.06. The standard InChI is InChI=1S/C5H5O2/c6-4-1-2-5(7)3-4/h1,3,7H,2H2. The molecule has 2 heteroatoms. The van der Waals surface area contributed by atoms with Gasteiger partial charge in [-0.15, -0.1) is 0 Å². The molecule has 1 rings (SSSR count). The molecule has 0 aromatic rings. The summed E-state index contributed by atoms with van der Waals surface area (Å²) in [4.78, 5) is 10.2. The molecular weight excluding hydrogens is 92.1 g/mol. The Bertz CT molecular complexity index is 124. The highest BCUT2D eigenvalue weighted by molar-refractivity contribution is 5.99. The molecule has 1 radical (unpaired) electrons. The van der Waals surface area contributed by atoms with Gasteiger partial charge in [0.1, 0.15) is 0 Å². The number of aliphatic hydroxyl groups is 1. The van der Waals surface area contributed by atoms with Crippen molar-refractivity contribution in [3.8, 4) is 0 Å². The first kappa shape index (κ1) is 4.37. The third-order valence-corrected chi connectivity index (χ3v) is 0.821. The predicted octanol–water partition coefficient (Wildman–Crippen LogP) is 0.605. The van der Waals surface area contributed by atoms with E-state index < -0.39 is 0 Å². The molecule has 0 aliphatic heterocycles. The molecule has 0 atom stereocenters. The van der Waals surface area contributed by atoms with Gasteiger partial charge in [-0.3, -0.25) is 4.79 Å². The van der Waals surface area contributed by atoms with Gasteiger partial charge >= 0.3 is 0 Å². The van der Waals surface area contributed by atoms with Gasteiger partial charge in [0.05, 0.1) is 5.76 Å². The monoisotopic (exact) mass is 97.0 g/mol. The number of hydrogen-bond donors (Lipinski definition) is 1. The number of carbonyl (C=O) groups is 1. The van der Waals surface area contributed by atoms with Gasteiger partial charge in [-0.2, -0.15) is 0 Å². The van der Waals surface area contributed by atoms with Crippen molar-refractivity contribution in [3.63, 3.8) is 0 Å². The van der Waals surface area contributed by atoms with Gasteiger partial charge in [-0.25, -0.2) is 0 Å². The zero-order valence-corrected chi connectivity index (χ0v) is 3.72. The van der Waals surface area contributed by atoms with Crippen LogP contribution in [0.4, 0.5) is 0 Å². The van der Waals surface area contributed by atoms with E-state index in [4.69, 9.17) is 5.11 Å². The maximum absolute atomic E-state index is 10.2. The Labute approximate surface area is 41.5 Å². The summed E-state index contributed by atoms with van der Waals surface area (Å²) in [6.07, 6.45) is 3.08. The molecule has 2 nitrogen and oxygen atoms in total. The van der Waals surface area contributed by atoms with Gasteiger partial charge in [-0.05, 0) is 0 Å². The van der Waals surface area contributed by atoms with Crippen LogP contribution in [0.3, 0.4) is 0 Å². The van der Waals surface area contributed by atoms with Crippen molar-refractivity contribution in [1.82, 2.24) is 0 Å². The minimum absolute atomic E-state index is 0.0856. The smallest absolute Gasteiger partial charge is 0.163 e. The SMILES string of the molecule is O=C1[CH]CC(O)=C1. The van der Waals surface area contributed by atoms with Gasteiger partial charge in [-0.1, -0.05) is 0 Å². The Kier molecular flexibility index (Phi) is 0.855. The van der Waals surface area contributed by atoms with E-state index in [1.807, 2.05) is 0 Å². The Hall–Kier alpha value is -0.790. The van der Waals surface area contributed by atoms with Gasteiger partial charge in [0, 0.05) is 18.9 Å². The van der Waals surface area contributed by atoms with Crippen LogP contribution in [-0.4, -0.2) is 10.9 Å². The van der Waals surface area contributed by atoms with Crippen LogP contribution >= 0.6 is 0 Å². The highest BCUT2D eigenvalue weighted by Gasteiger charge is 2.09. The second-order valence-electron chi connectivity index (χ2n) is 1.45. The summed E-state index contributed by atoms with van der Waals surface area (Å²) in [5, 5.41) is 8.51. The summed E-state index contributed by atoms with van der Waals surface area (Å²) in [5.74, 6) is 0.0856. The lowest BCUT2D eigenvalue weighted by molar-refractivity contribution is -0.111. The van der Waals surface area contributed by atoms with E-state index in [2.05, 4.69) is 0 Å². The quantitative estimate of drug-likeness (QED) is 0.480. The van der Waals surface area contributed by atoms with Gasteiger partial charge in [0.2, 0.25) is 0 Å². The molecule has 7 heavy (non-hydrogen) atoms. The largest absolute Gasteiger partial charge is 0.512 e. The highest BCUT2D eigenvalue weighted by Crippen LogP contribution is 2.08. The molecule has 1 aliphatic carbocycles. The second kappa shape index (κ2) is 1.37. The molecule has 0 heterocycles. The van der Waals surface area contributed by atoms with Crippen LogP contribution in [0.15, 0.2) is 11.8 Å². The molecular formula is C5H5O2. The molecule has 1 N–H and O–H groups in total. The van der Waals surface area contributed by atoms with Gasteiger partial charge < -0.3 is 5.11 Å². The summed E-state index contributed by atoms with van der Waals surface area (Å²) >= 11 is 0. The van der Waals surface area contributed by atoms with Crippen LogP contribution in [0.2, 0.25) is 0 Å². The van der Waals surface area contributed by atoms with Crippen molar-refractivity contribution in [2.45, 2.75) is 6.42 Å². The molecule has 1 aliphatic rings. The third-order valence-electron chi connectivity index (χ3n) is 0.821. The molecule has 0 saturated heterocycles. The van der Waals surface area contributed by atoms with Crippen LogP contribution in [-0.2, 0) is 4.79 Å². The number of hydrogen-bond acceptors (Lipinski definition) is 2. The summed E-state index contributed by atoms with van der Waals surface area (Å²) < 4.78 is 0. The number of allylic oxidation sites excluding steroid dienone is 2. The fraction of sp³-hybridized carbons (Fsp3) is 0.200. The Morgan fingerprint density at radius 1 is 1.71 bits per heavy atom. The van der Waals surface area contributed by atoms with E-state index in [1.54, 1.807) is 0 Å². The summed E-state index contributed by atoms with van der Waals surface area (Å²) in [5.41, 5.74) is 0. The fourth-order valence-corrected chi connectivity index (χ4v) is 0.487. The first-order chi connectivity index (χ1) is 3.29. The highest BCUT2D eigenvalue weighted by atomic mass is 16.3. The van der Waals surface area contributed by atoms with E-state index in [0.29, 0.717) is 6.42 Å². The van der Waals surface area contributed by atoms with Crippen LogP contribution in [0.1, 0.15) is 6.42 Å². The zero-order valence-electron chi connectivity index (χ0n) is 3.72. The molecule has 0 unspecified atom stereocenters. The van der Waals surface area contributed by atoms with Crippen LogP contribution in [0.5, 0.6) is 0 Å². The lowest BCUT2D eigenvalue weighted by Crippen LogP contribution is -1.81. The molecule has 0 saturated carbocycles. The lowest BCUT2D eigenvalue weighted by atomic mass is 10.3. The average molecular weight is 97.1 g/mol. The molecule has 0 fully saturated rings. The maximum Gasteiger partial charge on any atom is 0.163 e. The normalized spacial score (nSPS) is 20.0. The number of rotatable bonds is 0. The fourth-order valence-electron chi connectivity index (χ4n) is 0.487. The number of aliphatic hydroxyl groups excluding tert-OH is 1. The topological polar surface area (TPSA) is 37.3 Å². The number of carbonyl (C=O) groups excluding carboxylic acids is 1. The van der Waals surface area contributed by atoms with Crippen molar-refractivity contribution in [1.29, 1.82) is 0 Å². The minimum Gasteiger partial charge on any atom is -0.512 e. The molecule has 0 bridgehead atoms.